The number of hydrogen-bond acceptors (Lipinski definition) is 4. The van der Waals surface area contributed by atoms with Gasteiger partial charge in [0, 0.05) is 25.5 Å². The number of amides is 1. The summed E-state index contributed by atoms with van der Waals surface area (Å²) in [4.78, 5) is 14.6. The Balaban J connectivity index is 1.50. The highest BCUT2D eigenvalue weighted by Crippen LogP contribution is 2.22. The Morgan fingerprint density at radius 2 is 2.08 bits per heavy atom. The van der Waals surface area contributed by atoms with E-state index in [2.05, 4.69) is 15.4 Å². The standard InChI is InChI=1S/C18H20N6O/c1-14-5-7-15(8-6-14)24-13-17(20-21-24)18(25)22-10-2-4-16(12-22)23-11-3-9-19-23/h3,5-9,11,13,16H,2,4,10,12H2,1H3/t16-/m0/s1. The van der Waals surface area contributed by atoms with Gasteiger partial charge in [-0.1, -0.05) is 22.9 Å². The lowest BCUT2D eigenvalue weighted by molar-refractivity contribution is 0.0667. The van der Waals surface area contributed by atoms with Gasteiger partial charge in [0.05, 0.1) is 17.9 Å². The Bertz CT molecular complexity index is 852. The minimum atomic E-state index is -0.0739. The summed E-state index contributed by atoms with van der Waals surface area (Å²) in [6.45, 7) is 3.43. The number of carbonyl (C=O) groups excluding carboxylic acids is 1. The highest BCUT2D eigenvalue weighted by atomic mass is 16.2. The van der Waals surface area contributed by atoms with E-state index in [0.29, 0.717) is 12.2 Å². The molecule has 2 aromatic heterocycles. The smallest absolute Gasteiger partial charge is 0.276 e. The minimum Gasteiger partial charge on any atom is -0.335 e. The van der Waals surface area contributed by atoms with Crippen LogP contribution in [0.2, 0.25) is 0 Å². The summed E-state index contributed by atoms with van der Waals surface area (Å²) in [5, 5.41) is 12.5. The second-order valence-electron chi connectivity index (χ2n) is 6.42. The van der Waals surface area contributed by atoms with E-state index in [1.54, 1.807) is 17.1 Å². The van der Waals surface area contributed by atoms with E-state index in [0.717, 1.165) is 25.1 Å². The molecule has 25 heavy (non-hydrogen) atoms. The lowest BCUT2D eigenvalue weighted by atomic mass is 10.1. The van der Waals surface area contributed by atoms with Gasteiger partial charge in [-0.25, -0.2) is 4.68 Å². The van der Waals surface area contributed by atoms with Gasteiger partial charge in [0.15, 0.2) is 5.69 Å². The molecule has 1 aliphatic heterocycles. The van der Waals surface area contributed by atoms with Crippen molar-refractivity contribution >= 4 is 5.91 Å². The largest absolute Gasteiger partial charge is 0.335 e. The predicted molar refractivity (Wildman–Crippen MR) is 92.5 cm³/mol. The molecule has 1 amide bonds. The molecule has 1 aliphatic rings. The van der Waals surface area contributed by atoms with E-state index >= 15 is 0 Å². The van der Waals surface area contributed by atoms with Crippen molar-refractivity contribution in [2.75, 3.05) is 13.1 Å². The quantitative estimate of drug-likeness (QED) is 0.736. The first-order valence-corrected chi connectivity index (χ1v) is 8.48. The summed E-state index contributed by atoms with van der Waals surface area (Å²) in [6.07, 6.45) is 7.41. The molecule has 3 heterocycles. The van der Waals surface area contributed by atoms with Gasteiger partial charge in [-0.15, -0.1) is 5.10 Å². The van der Waals surface area contributed by atoms with Crippen molar-refractivity contribution in [3.05, 3.63) is 60.2 Å². The van der Waals surface area contributed by atoms with Crippen LogP contribution in [0.5, 0.6) is 0 Å². The SMILES string of the molecule is Cc1ccc(-n2cc(C(=O)N3CCC[C@H](n4cccn4)C3)nn2)cc1. The zero-order chi connectivity index (χ0) is 17.2. The van der Waals surface area contributed by atoms with Crippen molar-refractivity contribution in [1.82, 2.24) is 29.7 Å². The fourth-order valence-corrected chi connectivity index (χ4v) is 3.20. The molecule has 0 aliphatic carbocycles. The lowest BCUT2D eigenvalue weighted by Gasteiger charge is -2.32. The van der Waals surface area contributed by atoms with Crippen LogP contribution in [0.4, 0.5) is 0 Å². The average molecular weight is 336 g/mol. The van der Waals surface area contributed by atoms with Gasteiger partial charge in [-0.2, -0.15) is 5.10 Å². The van der Waals surface area contributed by atoms with Crippen LogP contribution >= 0.6 is 0 Å². The highest BCUT2D eigenvalue weighted by molar-refractivity contribution is 5.92. The number of benzene rings is 1. The molecule has 1 fully saturated rings. The first-order valence-electron chi connectivity index (χ1n) is 8.48. The number of piperidine rings is 1. The van der Waals surface area contributed by atoms with Gasteiger partial charge in [0.25, 0.3) is 5.91 Å². The molecule has 1 saturated heterocycles. The number of aryl methyl sites for hydroxylation is 1. The molecule has 7 heteroatoms. The van der Waals surface area contributed by atoms with E-state index in [4.69, 9.17) is 0 Å². The molecule has 0 saturated carbocycles. The van der Waals surface area contributed by atoms with Crippen molar-refractivity contribution in [2.24, 2.45) is 0 Å². The summed E-state index contributed by atoms with van der Waals surface area (Å²) in [6, 6.07) is 10.1. The first-order chi connectivity index (χ1) is 12.2. The van der Waals surface area contributed by atoms with Crippen molar-refractivity contribution in [3.8, 4) is 5.69 Å². The summed E-state index contributed by atoms with van der Waals surface area (Å²) in [5.41, 5.74) is 2.45. The molecule has 0 radical (unpaired) electrons. The topological polar surface area (TPSA) is 68.8 Å². The molecule has 0 N–H and O–H groups in total. The van der Waals surface area contributed by atoms with Gasteiger partial charge >= 0.3 is 0 Å². The molecule has 0 spiro atoms. The number of carbonyl (C=O) groups is 1. The number of nitrogens with zero attached hydrogens (tertiary/aromatic N) is 6. The fraction of sp³-hybridized carbons (Fsp3) is 0.333. The Kier molecular flexibility index (Phi) is 4.05. The van der Waals surface area contributed by atoms with Gasteiger partial charge < -0.3 is 4.90 Å². The maximum Gasteiger partial charge on any atom is 0.276 e. The van der Waals surface area contributed by atoms with E-state index in [9.17, 15) is 4.79 Å². The molecule has 0 unspecified atom stereocenters. The number of aromatic nitrogens is 5. The van der Waals surface area contributed by atoms with E-state index < -0.39 is 0 Å². The Morgan fingerprint density at radius 1 is 1.24 bits per heavy atom. The van der Waals surface area contributed by atoms with Crippen LogP contribution in [-0.2, 0) is 0 Å². The summed E-state index contributed by atoms with van der Waals surface area (Å²) < 4.78 is 3.57. The molecule has 1 aromatic carbocycles. The Labute approximate surface area is 145 Å². The van der Waals surface area contributed by atoms with Crippen LogP contribution < -0.4 is 0 Å². The fourth-order valence-electron chi connectivity index (χ4n) is 3.20. The van der Waals surface area contributed by atoms with Crippen LogP contribution in [0.3, 0.4) is 0 Å². The zero-order valence-corrected chi connectivity index (χ0v) is 14.1. The summed E-state index contributed by atoms with van der Waals surface area (Å²) in [5.74, 6) is -0.0739. The van der Waals surface area contributed by atoms with Gasteiger partial charge in [-0.05, 0) is 38.0 Å². The van der Waals surface area contributed by atoms with Crippen LogP contribution in [0, 0.1) is 6.92 Å². The van der Waals surface area contributed by atoms with Crippen LogP contribution in [-0.4, -0.2) is 48.7 Å². The minimum absolute atomic E-state index is 0.0739. The van der Waals surface area contributed by atoms with Gasteiger partial charge in [0.2, 0.25) is 0 Å². The second-order valence-corrected chi connectivity index (χ2v) is 6.42. The molecule has 128 valence electrons. The van der Waals surface area contributed by atoms with Crippen LogP contribution in [0.15, 0.2) is 48.9 Å². The summed E-state index contributed by atoms with van der Waals surface area (Å²) in [7, 11) is 0. The van der Waals surface area contributed by atoms with E-state index in [-0.39, 0.29) is 11.9 Å². The monoisotopic (exact) mass is 336 g/mol. The molecular formula is C18H20N6O. The van der Waals surface area contributed by atoms with Crippen molar-refractivity contribution in [3.63, 3.8) is 0 Å². The third kappa shape index (κ3) is 3.17. The molecule has 1 atom stereocenters. The third-order valence-electron chi connectivity index (χ3n) is 4.59. The van der Waals surface area contributed by atoms with Crippen LogP contribution in [0.1, 0.15) is 34.9 Å². The molecule has 0 bridgehead atoms. The maximum atomic E-state index is 12.8. The lowest BCUT2D eigenvalue weighted by Crippen LogP contribution is -2.41. The Hall–Kier alpha value is -2.96. The molecular weight excluding hydrogens is 316 g/mol. The predicted octanol–water partition coefficient (Wildman–Crippen LogP) is 2.25. The van der Waals surface area contributed by atoms with Crippen molar-refractivity contribution < 1.29 is 4.79 Å². The van der Waals surface area contributed by atoms with Crippen LogP contribution in [0.25, 0.3) is 5.69 Å². The normalized spacial score (nSPS) is 17.6. The number of rotatable bonds is 3. The number of hydrogen-bond donors (Lipinski definition) is 0. The summed E-state index contributed by atoms with van der Waals surface area (Å²) >= 11 is 0. The van der Waals surface area contributed by atoms with E-state index in [1.165, 1.54) is 5.56 Å². The van der Waals surface area contributed by atoms with Gasteiger partial charge in [0.1, 0.15) is 0 Å². The number of likely N-dealkylation sites (tertiary alicyclic amines) is 1. The Morgan fingerprint density at radius 3 is 2.84 bits per heavy atom. The molecule has 3 aromatic rings. The third-order valence-corrected chi connectivity index (χ3v) is 4.59. The zero-order valence-electron chi connectivity index (χ0n) is 14.1. The second kappa shape index (κ2) is 6.51. The molecule has 4 rings (SSSR count). The van der Waals surface area contributed by atoms with Crippen molar-refractivity contribution in [1.29, 1.82) is 0 Å². The van der Waals surface area contributed by atoms with E-state index in [1.807, 2.05) is 53.0 Å². The first kappa shape index (κ1) is 15.6. The highest BCUT2D eigenvalue weighted by Gasteiger charge is 2.27. The molecule has 7 nitrogen and oxygen atoms in total. The van der Waals surface area contributed by atoms with Crippen molar-refractivity contribution in [2.45, 2.75) is 25.8 Å². The average Bonchev–Trinajstić information content (AvgIpc) is 3.34. The van der Waals surface area contributed by atoms with Gasteiger partial charge in [-0.3, -0.25) is 9.48 Å². The maximum absolute atomic E-state index is 12.8.